The van der Waals surface area contributed by atoms with Crippen molar-refractivity contribution in [1.82, 2.24) is 5.32 Å². The quantitative estimate of drug-likeness (QED) is 0.692. The van der Waals surface area contributed by atoms with Crippen molar-refractivity contribution >= 4 is 27.3 Å². The Balaban J connectivity index is 1.97. The van der Waals surface area contributed by atoms with E-state index in [-0.39, 0.29) is 0 Å². The minimum atomic E-state index is 0.434. The Hall–Kier alpha value is -0.840. The van der Waals surface area contributed by atoms with Crippen molar-refractivity contribution in [3.63, 3.8) is 0 Å². The number of methoxy groups -OCH3 is 1. The highest BCUT2D eigenvalue weighted by molar-refractivity contribution is 9.10. The third-order valence-corrected chi connectivity index (χ3v) is 5.26. The molecule has 0 saturated heterocycles. The third-order valence-electron chi connectivity index (χ3n) is 3.45. The van der Waals surface area contributed by atoms with Gasteiger partial charge in [0.15, 0.2) is 0 Å². The summed E-state index contributed by atoms with van der Waals surface area (Å²) in [6, 6.07) is 11.0. The molecule has 0 fully saturated rings. The summed E-state index contributed by atoms with van der Waals surface area (Å²) < 4.78 is 6.38. The molecule has 1 aromatic heterocycles. The van der Waals surface area contributed by atoms with Crippen LogP contribution in [0.4, 0.5) is 0 Å². The van der Waals surface area contributed by atoms with Crippen LogP contribution in [0, 0.1) is 0 Å². The molecule has 2 aromatic rings. The number of nitrogens with one attached hydrogen (secondary N) is 1. The molecule has 1 heterocycles. The van der Waals surface area contributed by atoms with Gasteiger partial charge in [-0.25, -0.2) is 0 Å². The van der Waals surface area contributed by atoms with E-state index in [2.05, 4.69) is 51.7 Å². The molecule has 0 bridgehead atoms. The van der Waals surface area contributed by atoms with Crippen molar-refractivity contribution in [2.45, 2.75) is 32.2 Å². The van der Waals surface area contributed by atoms with Gasteiger partial charge in [0.1, 0.15) is 5.75 Å². The van der Waals surface area contributed by atoms with Crippen LogP contribution >= 0.6 is 27.3 Å². The molecular weight excluding hydrogens is 346 g/mol. The SMILES string of the molecule is CCCNC(CCc1ccc(OC)cc1)c1cc(Br)cs1. The molecule has 1 N–H and O–H groups in total. The maximum Gasteiger partial charge on any atom is 0.118 e. The second-order valence-corrected chi connectivity index (χ2v) is 6.92. The fourth-order valence-electron chi connectivity index (χ4n) is 2.28. The van der Waals surface area contributed by atoms with Crippen LogP contribution in [-0.4, -0.2) is 13.7 Å². The highest BCUT2D eigenvalue weighted by Gasteiger charge is 2.13. The monoisotopic (exact) mass is 367 g/mol. The summed E-state index contributed by atoms with van der Waals surface area (Å²) in [5, 5.41) is 5.81. The van der Waals surface area contributed by atoms with Crippen LogP contribution in [0.1, 0.15) is 36.2 Å². The number of benzene rings is 1. The van der Waals surface area contributed by atoms with Crippen molar-refractivity contribution in [1.29, 1.82) is 0 Å². The van der Waals surface area contributed by atoms with Gasteiger partial charge in [-0.3, -0.25) is 0 Å². The van der Waals surface area contributed by atoms with Gasteiger partial charge < -0.3 is 10.1 Å². The summed E-state index contributed by atoms with van der Waals surface area (Å²) in [6.07, 6.45) is 3.34. The molecule has 1 unspecified atom stereocenters. The van der Waals surface area contributed by atoms with Gasteiger partial charge in [-0.05, 0) is 65.5 Å². The minimum absolute atomic E-state index is 0.434. The van der Waals surface area contributed by atoms with Crippen molar-refractivity contribution < 1.29 is 4.74 Å². The Kier molecular flexibility index (Phi) is 6.74. The van der Waals surface area contributed by atoms with Gasteiger partial charge in [-0.1, -0.05) is 19.1 Å². The Bertz CT molecular complexity index is 538. The molecule has 2 rings (SSSR count). The molecule has 0 aliphatic rings. The highest BCUT2D eigenvalue weighted by Crippen LogP contribution is 2.28. The summed E-state index contributed by atoms with van der Waals surface area (Å²) in [5.41, 5.74) is 1.36. The number of ether oxygens (including phenoxy) is 1. The van der Waals surface area contributed by atoms with Crippen LogP contribution in [0.3, 0.4) is 0 Å². The Labute approximate surface area is 139 Å². The molecule has 114 valence electrons. The average molecular weight is 368 g/mol. The van der Waals surface area contributed by atoms with Gasteiger partial charge in [-0.15, -0.1) is 11.3 Å². The zero-order chi connectivity index (χ0) is 15.1. The van der Waals surface area contributed by atoms with Gasteiger partial charge in [0.25, 0.3) is 0 Å². The van der Waals surface area contributed by atoms with Crippen molar-refractivity contribution in [2.75, 3.05) is 13.7 Å². The highest BCUT2D eigenvalue weighted by atomic mass is 79.9. The van der Waals surface area contributed by atoms with Crippen LogP contribution in [-0.2, 0) is 6.42 Å². The minimum Gasteiger partial charge on any atom is -0.497 e. The Morgan fingerprint density at radius 2 is 2.05 bits per heavy atom. The molecule has 0 aliphatic carbocycles. The van der Waals surface area contributed by atoms with Gasteiger partial charge in [0.2, 0.25) is 0 Å². The summed E-state index contributed by atoms with van der Waals surface area (Å²) in [4.78, 5) is 1.41. The molecule has 0 aliphatic heterocycles. The lowest BCUT2D eigenvalue weighted by Crippen LogP contribution is -2.21. The summed E-state index contributed by atoms with van der Waals surface area (Å²) in [6.45, 7) is 3.26. The normalized spacial score (nSPS) is 12.3. The number of thiophene rings is 1. The molecule has 0 amide bonds. The van der Waals surface area contributed by atoms with Crippen LogP contribution < -0.4 is 10.1 Å². The van der Waals surface area contributed by atoms with Gasteiger partial charge in [-0.2, -0.15) is 0 Å². The standard InChI is InChI=1S/C17H22BrNOS/c1-3-10-19-16(17-11-14(18)12-21-17)9-6-13-4-7-15(20-2)8-5-13/h4-5,7-8,11-12,16,19H,3,6,9-10H2,1-2H3. The zero-order valence-corrected chi connectivity index (χ0v) is 15.0. The Morgan fingerprint density at radius 1 is 1.29 bits per heavy atom. The number of rotatable bonds is 8. The van der Waals surface area contributed by atoms with Gasteiger partial charge in [0, 0.05) is 20.8 Å². The smallest absolute Gasteiger partial charge is 0.118 e. The fourth-order valence-corrected chi connectivity index (χ4v) is 3.83. The molecule has 0 saturated carbocycles. The first-order chi connectivity index (χ1) is 10.2. The zero-order valence-electron chi connectivity index (χ0n) is 12.6. The van der Waals surface area contributed by atoms with Gasteiger partial charge >= 0.3 is 0 Å². The lowest BCUT2D eigenvalue weighted by atomic mass is 10.0. The van der Waals surface area contributed by atoms with Crippen LogP contribution in [0.5, 0.6) is 5.75 Å². The molecule has 4 heteroatoms. The maximum absolute atomic E-state index is 5.20. The van der Waals surface area contributed by atoms with Gasteiger partial charge in [0.05, 0.1) is 7.11 Å². The molecule has 1 atom stereocenters. The van der Waals surface area contributed by atoms with Crippen LogP contribution in [0.25, 0.3) is 0 Å². The van der Waals surface area contributed by atoms with E-state index in [0.29, 0.717) is 6.04 Å². The van der Waals surface area contributed by atoms with E-state index in [1.54, 1.807) is 7.11 Å². The summed E-state index contributed by atoms with van der Waals surface area (Å²) >= 11 is 5.37. The molecule has 0 spiro atoms. The van der Waals surface area contributed by atoms with E-state index < -0.39 is 0 Å². The van der Waals surface area contributed by atoms with E-state index in [0.717, 1.165) is 31.6 Å². The molecule has 2 nitrogen and oxygen atoms in total. The Morgan fingerprint density at radius 3 is 2.62 bits per heavy atom. The first kappa shape index (κ1) is 16.5. The maximum atomic E-state index is 5.20. The van der Waals surface area contributed by atoms with Crippen molar-refractivity contribution in [3.8, 4) is 5.75 Å². The number of hydrogen-bond donors (Lipinski definition) is 1. The largest absolute Gasteiger partial charge is 0.497 e. The topological polar surface area (TPSA) is 21.3 Å². The van der Waals surface area contributed by atoms with Crippen LogP contribution in [0.15, 0.2) is 40.2 Å². The first-order valence-corrected chi connectivity index (χ1v) is 9.00. The predicted octanol–water partition coefficient (Wildman–Crippen LogP) is 5.19. The fraction of sp³-hybridized carbons (Fsp3) is 0.412. The van der Waals surface area contributed by atoms with E-state index in [1.165, 1.54) is 14.9 Å². The second-order valence-electron chi connectivity index (χ2n) is 5.06. The van der Waals surface area contributed by atoms with E-state index in [4.69, 9.17) is 4.74 Å². The molecule has 1 aromatic carbocycles. The lowest BCUT2D eigenvalue weighted by molar-refractivity contribution is 0.414. The molecular formula is C17H22BrNOS. The van der Waals surface area contributed by atoms with Crippen molar-refractivity contribution in [2.24, 2.45) is 0 Å². The number of halogens is 1. The van der Waals surface area contributed by atoms with E-state index in [9.17, 15) is 0 Å². The van der Waals surface area contributed by atoms with Crippen molar-refractivity contribution in [3.05, 3.63) is 50.6 Å². The van der Waals surface area contributed by atoms with E-state index >= 15 is 0 Å². The molecule has 21 heavy (non-hydrogen) atoms. The summed E-state index contributed by atoms with van der Waals surface area (Å²) in [7, 11) is 1.70. The van der Waals surface area contributed by atoms with Crippen LogP contribution in [0.2, 0.25) is 0 Å². The molecule has 0 radical (unpaired) electrons. The average Bonchev–Trinajstić information content (AvgIpc) is 2.94. The number of hydrogen-bond acceptors (Lipinski definition) is 3. The lowest BCUT2D eigenvalue weighted by Gasteiger charge is -2.17. The first-order valence-electron chi connectivity index (χ1n) is 7.33. The number of aryl methyl sites for hydroxylation is 1. The summed E-state index contributed by atoms with van der Waals surface area (Å²) in [5.74, 6) is 0.918. The second kappa shape index (κ2) is 8.57. The van der Waals surface area contributed by atoms with E-state index in [1.807, 2.05) is 23.5 Å². The third kappa shape index (κ3) is 5.13. The predicted molar refractivity (Wildman–Crippen MR) is 94.4 cm³/mol.